The normalized spacial score (nSPS) is 12.8. The van der Waals surface area contributed by atoms with E-state index in [4.69, 9.17) is 5.11 Å². The maximum Gasteiger partial charge on any atom is 0.303 e. The highest BCUT2D eigenvalue weighted by atomic mass is 127. The highest BCUT2D eigenvalue weighted by Crippen LogP contribution is 2.19. The van der Waals surface area contributed by atoms with Gasteiger partial charge in [-0.3, -0.25) is 4.79 Å². The molecule has 0 spiro atoms. The molecule has 3 heteroatoms. The molecule has 1 N–H and O–H groups in total. The largest absolute Gasteiger partial charge is 0.481 e. The molecule has 0 bridgehead atoms. The van der Waals surface area contributed by atoms with Crippen molar-refractivity contribution in [1.82, 2.24) is 0 Å². The smallest absolute Gasteiger partial charge is 0.303 e. The van der Waals surface area contributed by atoms with Gasteiger partial charge < -0.3 is 5.11 Å². The monoisotopic (exact) mass is 298 g/mol. The Kier molecular flexibility index (Phi) is 8.92. The predicted octanol–water partition coefficient (Wildman–Crippen LogP) is 3.48. The van der Waals surface area contributed by atoms with Gasteiger partial charge in [-0.2, -0.15) is 0 Å². The van der Waals surface area contributed by atoms with E-state index < -0.39 is 5.97 Å². The van der Waals surface area contributed by atoms with Crippen LogP contribution in [0.15, 0.2) is 0 Å². The number of aliphatic carboxylic acids is 1. The SMILES string of the molecule is CCCC(CCCI)CCC(=O)O. The molecule has 78 valence electrons. The highest BCUT2D eigenvalue weighted by molar-refractivity contribution is 14.1. The van der Waals surface area contributed by atoms with Crippen molar-refractivity contribution in [3.05, 3.63) is 0 Å². The molecule has 1 unspecified atom stereocenters. The molecule has 13 heavy (non-hydrogen) atoms. The van der Waals surface area contributed by atoms with Crippen LogP contribution in [0.4, 0.5) is 0 Å². The quantitative estimate of drug-likeness (QED) is 0.550. The van der Waals surface area contributed by atoms with Crippen LogP contribution in [0.3, 0.4) is 0 Å². The van der Waals surface area contributed by atoms with Crippen molar-refractivity contribution < 1.29 is 9.90 Å². The minimum absolute atomic E-state index is 0.339. The van der Waals surface area contributed by atoms with E-state index in [9.17, 15) is 4.79 Å². The van der Waals surface area contributed by atoms with Crippen LogP contribution >= 0.6 is 22.6 Å². The molecule has 0 radical (unpaired) electrons. The molecule has 0 aliphatic heterocycles. The summed E-state index contributed by atoms with van der Waals surface area (Å²) in [6.45, 7) is 2.16. The van der Waals surface area contributed by atoms with Gasteiger partial charge in [0.05, 0.1) is 0 Å². The average molecular weight is 298 g/mol. The number of hydrogen-bond donors (Lipinski definition) is 1. The molecule has 0 saturated carbocycles. The van der Waals surface area contributed by atoms with Gasteiger partial charge in [-0.15, -0.1) is 0 Å². The summed E-state index contributed by atoms with van der Waals surface area (Å²) in [5, 5.41) is 8.55. The number of hydrogen-bond acceptors (Lipinski definition) is 1. The van der Waals surface area contributed by atoms with E-state index in [0.29, 0.717) is 12.3 Å². The van der Waals surface area contributed by atoms with Gasteiger partial charge in [0.15, 0.2) is 0 Å². The summed E-state index contributed by atoms with van der Waals surface area (Å²) < 4.78 is 1.19. The van der Waals surface area contributed by atoms with Gasteiger partial charge in [-0.1, -0.05) is 42.4 Å². The summed E-state index contributed by atoms with van der Waals surface area (Å²) in [6.07, 6.45) is 5.98. The van der Waals surface area contributed by atoms with Crippen molar-refractivity contribution in [2.75, 3.05) is 4.43 Å². The van der Waals surface area contributed by atoms with E-state index in [-0.39, 0.29) is 0 Å². The molecule has 0 aromatic carbocycles. The fourth-order valence-corrected chi connectivity index (χ4v) is 1.98. The summed E-state index contributed by atoms with van der Waals surface area (Å²) in [7, 11) is 0. The summed E-state index contributed by atoms with van der Waals surface area (Å²) in [6, 6.07) is 0. The van der Waals surface area contributed by atoms with Crippen LogP contribution in [0, 0.1) is 5.92 Å². The zero-order chi connectivity index (χ0) is 10.1. The van der Waals surface area contributed by atoms with Crippen molar-refractivity contribution in [3.8, 4) is 0 Å². The van der Waals surface area contributed by atoms with E-state index in [1.54, 1.807) is 0 Å². The fourth-order valence-electron chi connectivity index (χ4n) is 1.53. The number of halogens is 1. The number of carboxylic acids is 1. The molecule has 0 aromatic rings. The third kappa shape index (κ3) is 8.53. The Balaban J connectivity index is 3.59. The molecule has 0 aliphatic carbocycles. The molecule has 0 aromatic heterocycles. The number of carbonyl (C=O) groups is 1. The minimum Gasteiger partial charge on any atom is -0.481 e. The van der Waals surface area contributed by atoms with Crippen molar-refractivity contribution in [1.29, 1.82) is 0 Å². The third-order valence-electron chi connectivity index (χ3n) is 2.21. The summed E-state index contributed by atoms with van der Waals surface area (Å²) in [4.78, 5) is 10.4. The van der Waals surface area contributed by atoms with Crippen LogP contribution in [-0.2, 0) is 4.79 Å². The van der Waals surface area contributed by atoms with Crippen LogP contribution < -0.4 is 0 Å². The fraction of sp³-hybridized carbons (Fsp3) is 0.900. The molecule has 0 heterocycles. The number of rotatable bonds is 8. The van der Waals surface area contributed by atoms with Gasteiger partial charge in [-0.05, 0) is 29.6 Å². The van der Waals surface area contributed by atoms with Crippen molar-refractivity contribution >= 4 is 28.6 Å². The lowest BCUT2D eigenvalue weighted by Crippen LogP contribution is -2.04. The van der Waals surface area contributed by atoms with Gasteiger partial charge >= 0.3 is 5.97 Å². The Morgan fingerprint density at radius 3 is 2.54 bits per heavy atom. The molecule has 0 aliphatic rings. The number of carboxylic acid groups (broad SMARTS) is 1. The predicted molar refractivity (Wildman–Crippen MR) is 63.4 cm³/mol. The first-order chi connectivity index (χ1) is 6.20. The summed E-state index contributed by atoms with van der Waals surface area (Å²) in [5.41, 5.74) is 0. The zero-order valence-electron chi connectivity index (χ0n) is 8.26. The van der Waals surface area contributed by atoms with E-state index >= 15 is 0 Å². The maximum atomic E-state index is 10.4. The van der Waals surface area contributed by atoms with Crippen LogP contribution in [0.2, 0.25) is 0 Å². The van der Waals surface area contributed by atoms with Gasteiger partial charge in [0.25, 0.3) is 0 Å². The Hall–Kier alpha value is 0.200. The lowest BCUT2D eigenvalue weighted by Gasteiger charge is -2.13. The van der Waals surface area contributed by atoms with Gasteiger partial charge in [0.1, 0.15) is 0 Å². The Morgan fingerprint density at radius 1 is 1.38 bits per heavy atom. The Labute approximate surface area is 94.2 Å². The van der Waals surface area contributed by atoms with E-state index in [2.05, 4.69) is 29.5 Å². The highest BCUT2D eigenvalue weighted by Gasteiger charge is 2.09. The van der Waals surface area contributed by atoms with E-state index in [1.807, 2.05) is 0 Å². The summed E-state index contributed by atoms with van der Waals surface area (Å²) >= 11 is 2.37. The van der Waals surface area contributed by atoms with E-state index in [0.717, 1.165) is 6.42 Å². The Bertz CT molecular complexity index is 137. The standard InChI is InChI=1S/C10H19IO2/c1-2-4-9(5-3-8-11)6-7-10(12)13/h9H,2-8H2,1H3,(H,12,13). The molecular formula is C10H19IO2. The van der Waals surface area contributed by atoms with Gasteiger partial charge in [0, 0.05) is 6.42 Å². The topological polar surface area (TPSA) is 37.3 Å². The second-order valence-electron chi connectivity index (χ2n) is 3.42. The maximum absolute atomic E-state index is 10.4. The Morgan fingerprint density at radius 2 is 2.08 bits per heavy atom. The van der Waals surface area contributed by atoms with Crippen molar-refractivity contribution in [2.24, 2.45) is 5.92 Å². The van der Waals surface area contributed by atoms with E-state index in [1.165, 1.54) is 30.1 Å². The van der Waals surface area contributed by atoms with Crippen molar-refractivity contribution in [2.45, 2.75) is 45.4 Å². The van der Waals surface area contributed by atoms with Crippen LogP contribution in [-0.4, -0.2) is 15.5 Å². The zero-order valence-corrected chi connectivity index (χ0v) is 10.4. The first-order valence-corrected chi connectivity index (χ1v) is 6.51. The van der Waals surface area contributed by atoms with Crippen LogP contribution in [0.5, 0.6) is 0 Å². The average Bonchev–Trinajstić information content (AvgIpc) is 2.09. The summed E-state index contributed by atoms with van der Waals surface area (Å²) in [5.74, 6) is -0.0218. The molecule has 0 amide bonds. The van der Waals surface area contributed by atoms with Crippen LogP contribution in [0.25, 0.3) is 0 Å². The molecule has 2 nitrogen and oxygen atoms in total. The third-order valence-corrected chi connectivity index (χ3v) is 2.97. The van der Waals surface area contributed by atoms with Crippen LogP contribution in [0.1, 0.15) is 45.4 Å². The lowest BCUT2D eigenvalue weighted by molar-refractivity contribution is -0.137. The lowest BCUT2D eigenvalue weighted by atomic mass is 9.93. The second-order valence-corrected chi connectivity index (χ2v) is 4.50. The minimum atomic E-state index is -0.657. The van der Waals surface area contributed by atoms with Gasteiger partial charge in [0.2, 0.25) is 0 Å². The second kappa shape index (κ2) is 8.78. The molecule has 0 rings (SSSR count). The molecule has 0 saturated heterocycles. The first kappa shape index (κ1) is 13.2. The number of alkyl halides is 1. The first-order valence-electron chi connectivity index (χ1n) is 4.98. The van der Waals surface area contributed by atoms with Gasteiger partial charge in [-0.25, -0.2) is 0 Å². The molecular weight excluding hydrogens is 279 g/mol. The molecule has 1 atom stereocenters. The molecule has 0 fully saturated rings. The van der Waals surface area contributed by atoms with Crippen molar-refractivity contribution in [3.63, 3.8) is 0 Å².